The first-order chi connectivity index (χ1) is 17.6. The summed E-state index contributed by atoms with van der Waals surface area (Å²) < 4.78 is 1.98. The monoisotopic (exact) mass is 489 g/mol. The number of rotatable bonds is 5. The second-order valence-electron chi connectivity index (χ2n) is 8.07. The largest absolute Gasteiger partial charge is 0.384 e. The molecular formula is C27H19N7OS. The maximum Gasteiger partial charge on any atom is 0.275 e. The third kappa shape index (κ3) is 4.19. The average molecular weight is 490 g/mol. The second kappa shape index (κ2) is 9.05. The summed E-state index contributed by atoms with van der Waals surface area (Å²) in [5, 5.41) is 6.58. The first-order valence-electron chi connectivity index (χ1n) is 11.1. The lowest BCUT2D eigenvalue weighted by Gasteiger charge is -2.09. The zero-order valence-corrected chi connectivity index (χ0v) is 19.7. The molecule has 0 atom stereocenters. The zero-order chi connectivity index (χ0) is 24.5. The molecule has 9 heteroatoms. The van der Waals surface area contributed by atoms with Crippen molar-refractivity contribution in [1.82, 2.24) is 24.5 Å². The molecule has 3 N–H and O–H groups in total. The van der Waals surface area contributed by atoms with E-state index in [0.29, 0.717) is 23.0 Å². The van der Waals surface area contributed by atoms with Gasteiger partial charge < -0.3 is 15.6 Å². The minimum absolute atomic E-state index is 0.255. The fourth-order valence-corrected chi connectivity index (χ4v) is 4.78. The van der Waals surface area contributed by atoms with Crippen LogP contribution in [0.1, 0.15) is 10.5 Å². The minimum Gasteiger partial charge on any atom is -0.384 e. The number of hydrogen-bond donors (Lipinski definition) is 2. The molecule has 1 amide bonds. The molecule has 36 heavy (non-hydrogen) atoms. The Labute approximate surface area is 210 Å². The SMILES string of the molecule is Nc1cc(-n2ccc3ccc(-c4cccc(NC(=O)c5csc(-c6ccncc6)n5)c4)cc32)ncn1. The van der Waals surface area contributed by atoms with E-state index in [1.807, 2.05) is 53.2 Å². The molecule has 0 radical (unpaired) electrons. The van der Waals surface area contributed by atoms with Gasteiger partial charge in [0.1, 0.15) is 28.7 Å². The van der Waals surface area contributed by atoms with E-state index in [-0.39, 0.29) is 5.91 Å². The van der Waals surface area contributed by atoms with E-state index < -0.39 is 0 Å². The number of hydrogen-bond acceptors (Lipinski definition) is 7. The highest BCUT2D eigenvalue weighted by Crippen LogP contribution is 2.29. The first kappa shape index (κ1) is 21.6. The van der Waals surface area contributed by atoms with Gasteiger partial charge in [-0.2, -0.15) is 0 Å². The van der Waals surface area contributed by atoms with Crippen LogP contribution >= 0.6 is 11.3 Å². The molecule has 0 saturated carbocycles. The number of aromatic nitrogens is 5. The summed E-state index contributed by atoms with van der Waals surface area (Å²) in [6.45, 7) is 0. The molecule has 8 nitrogen and oxygen atoms in total. The normalized spacial score (nSPS) is 11.0. The molecule has 6 aromatic rings. The number of thiazole rings is 1. The molecule has 0 saturated heterocycles. The number of carbonyl (C=O) groups excluding carboxylic acids is 1. The summed E-state index contributed by atoms with van der Waals surface area (Å²) in [7, 11) is 0. The van der Waals surface area contributed by atoms with Crippen LogP contribution in [-0.4, -0.2) is 30.4 Å². The number of nitrogen functional groups attached to an aromatic ring is 1. The highest BCUT2D eigenvalue weighted by Gasteiger charge is 2.13. The number of nitrogens with two attached hydrogens (primary N) is 1. The van der Waals surface area contributed by atoms with Gasteiger partial charge in [-0.1, -0.05) is 24.3 Å². The van der Waals surface area contributed by atoms with Gasteiger partial charge in [0.05, 0.1) is 5.52 Å². The van der Waals surface area contributed by atoms with E-state index in [9.17, 15) is 4.79 Å². The minimum atomic E-state index is -0.255. The van der Waals surface area contributed by atoms with Crippen molar-refractivity contribution in [1.29, 1.82) is 0 Å². The van der Waals surface area contributed by atoms with Gasteiger partial charge in [-0.05, 0) is 47.5 Å². The third-order valence-electron chi connectivity index (χ3n) is 5.73. The van der Waals surface area contributed by atoms with Crippen molar-refractivity contribution in [2.24, 2.45) is 0 Å². The number of anilines is 2. The molecular weight excluding hydrogens is 470 g/mol. The van der Waals surface area contributed by atoms with Crippen molar-refractivity contribution in [3.63, 3.8) is 0 Å². The number of pyridine rings is 1. The van der Waals surface area contributed by atoms with Crippen LogP contribution < -0.4 is 11.1 Å². The van der Waals surface area contributed by atoms with E-state index in [1.165, 1.54) is 17.7 Å². The Hall–Kier alpha value is -4.89. The number of amides is 1. The van der Waals surface area contributed by atoms with Crippen LogP contribution in [0.5, 0.6) is 0 Å². The maximum absolute atomic E-state index is 12.9. The van der Waals surface area contributed by atoms with Crippen LogP contribution in [0.2, 0.25) is 0 Å². The van der Waals surface area contributed by atoms with Gasteiger partial charge >= 0.3 is 0 Å². The summed E-state index contributed by atoms with van der Waals surface area (Å²) in [4.78, 5) is 29.7. The molecule has 4 heterocycles. The smallest absolute Gasteiger partial charge is 0.275 e. The van der Waals surface area contributed by atoms with Crippen LogP contribution in [0.15, 0.2) is 97.0 Å². The van der Waals surface area contributed by atoms with Crippen LogP contribution in [-0.2, 0) is 0 Å². The Balaban J connectivity index is 1.27. The van der Waals surface area contributed by atoms with Crippen molar-refractivity contribution < 1.29 is 4.79 Å². The van der Waals surface area contributed by atoms with E-state index >= 15 is 0 Å². The molecule has 174 valence electrons. The highest BCUT2D eigenvalue weighted by molar-refractivity contribution is 7.13. The van der Waals surface area contributed by atoms with Crippen molar-refractivity contribution in [3.05, 3.63) is 103 Å². The van der Waals surface area contributed by atoms with Crippen molar-refractivity contribution >= 4 is 39.7 Å². The summed E-state index contributed by atoms with van der Waals surface area (Å²) in [5.74, 6) is 0.855. The van der Waals surface area contributed by atoms with Crippen LogP contribution in [0.4, 0.5) is 11.5 Å². The predicted molar refractivity (Wildman–Crippen MR) is 142 cm³/mol. The lowest BCUT2D eigenvalue weighted by Crippen LogP contribution is -2.12. The molecule has 0 aliphatic heterocycles. The zero-order valence-electron chi connectivity index (χ0n) is 18.9. The van der Waals surface area contributed by atoms with Crippen LogP contribution in [0, 0.1) is 0 Å². The topological polar surface area (TPSA) is 112 Å². The van der Waals surface area contributed by atoms with Gasteiger partial charge in [0, 0.05) is 46.7 Å². The average Bonchev–Trinajstić information content (AvgIpc) is 3.57. The maximum atomic E-state index is 12.9. The quantitative estimate of drug-likeness (QED) is 0.333. The Kier molecular flexibility index (Phi) is 5.44. The van der Waals surface area contributed by atoms with Crippen LogP contribution in [0.3, 0.4) is 0 Å². The van der Waals surface area contributed by atoms with E-state index in [0.717, 1.165) is 32.6 Å². The van der Waals surface area contributed by atoms with Gasteiger partial charge in [-0.3, -0.25) is 9.78 Å². The second-order valence-corrected chi connectivity index (χ2v) is 8.93. The lowest BCUT2D eigenvalue weighted by atomic mass is 10.0. The van der Waals surface area contributed by atoms with Crippen molar-refractivity contribution in [2.75, 3.05) is 11.1 Å². The fraction of sp³-hybridized carbons (Fsp3) is 0. The highest BCUT2D eigenvalue weighted by atomic mass is 32.1. The molecule has 0 fully saturated rings. The van der Waals surface area contributed by atoms with Gasteiger partial charge in [0.15, 0.2) is 0 Å². The molecule has 0 aliphatic carbocycles. The fourth-order valence-electron chi connectivity index (χ4n) is 3.98. The summed E-state index contributed by atoms with van der Waals surface area (Å²) >= 11 is 1.42. The molecule has 0 unspecified atom stereocenters. The number of carbonyl (C=O) groups is 1. The number of benzene rings is 2. The van der Waals surface area contributed by atoms with Gasteiger partial charge in [0.2, 0.25) is 0 Å². The van der Waals surface area contributed by atoms with E-state index in [1.54, 1.807) is 23.8 Å². The molecule has 2 aromatic carbocycles. The number of nitrogens with one attached hydrogen (secondary N) is 1. The summed E-state index contributed by atoms with van der Waals surface area (Å²) in [5.41, 5.74) is 10.8. The first-order valence-corrected chi connectivity index (χ1v) is 12.0. The van der Waals surface area contributed by atoms with Gasteiger partial charge in [0.25, 0.3) is 5.91 Å². The molecule has 6 rings (SSSR count). The van der Waals surface area contributed by atoms with Crippen LogP contribution in [0.25, 0.3) is 38.4 Å². The molecule has 0 bridgehead atoms. The van der Waals surface area contributed by atoms with Gasteiger partial charge in [-0.25, -0.2) is 15.0 Å². The summed E-state index contributed by atoms with van der Waals surface area (Å²) in [6.07, 6.45) is 6.83. The standard InChI is InChI=1S/C27H19N7OS/c28-24-14-25(31-16-30-24)34-11-8-17-4-5-20(13-23(17)34)19-2-1-3-21(12-19)32-26(35)22-15-36-27(33-22)18-6-9-29-10-7-18/h1-16H,(H,32,35)(H2,28,30,31). The molecule has 0 spiro atoms. The van der Waals surface area contributed by atoms with E-state index in [4.69, 9.17) is 5.73 Å². The molecule has 0 aliphatic rings. The Morgan fingerprint density at radius 1 is 0.917 bits per heavy atom. The van der Waals surface area contributed by atoms with E-state index in [2.05, 4.69) is 43.5 Å². The third-order valence-corrected chi connectivity index (χ3v) is 6.62. The van der Waals surface area contributed by atoms with Gasteiger partial charge in [-0.15, -0.1) is 11.3 Å². The summed E-state index contributed by atoms with van der Waals surface area (Å²) in [6, 6.07) is 21.5. The van der Waals surface area contributed by atoms with Crippen molar-refractivity contribution in [2.45, 2.75) is 0 Å². The number of fused-ring (bicyclic) bond motifs is 1. The lowest BCUT2D eigenvalue weighted by molar-refractivity contribution is 0.102. The Bertz CT molecular complexity index is 1710. The predicted octanol–water partition coefficient (Wildman–Crippen LogP) is 5.44. The van der Waals surface area contributed by atoms with Crippen molar-refractivity contribution in [3.8, 4) is 27.5 Å². The Morgan fingerprint density at radius 2 is 1.78 bits per heavy atom. The molecule has 4 aromatic heterocycles. The number of nitrogens with zero attached hydrogens (tertiary/aromatic N) is 5. The Morgan fingerprint density at radius 3 is 2.64 bits per heavy atom.